The number of aryl methyl sites for hydroxylation is 2. The number of morpholine rings is 1. The van der Waals surface area contributed by atoms with Crippen LogP contribution in [0.15, 0.2) is 23.6 Å². The van der Waals surface area contributed by atoms with Crippen LogP contribution in [-0.2, 0) is 18.2 Å². The number of amides is 2. The number of carbonyl (C=O) groups excluding carboxylic acids is 1. The van der Waals surface area contributed by atoms with Crippen molar-refractivity contribution in [2.45, 2.75) is 19.4 Å². The van der Waals surface area contributed by atoms with E-state index in [0.717, 1.165) is 22.8 Å². The van der Waals surface area contributed by atoms with Gasteiger partial charge in [0.2, 0.25) is 0 Å². The lowest BCUT2D eigenvalue weighted by Gasteiger charge is -2.32. The summed E-state index contributed by atoms with van der Waals surface area (Å²) < 4.78 is 7.47. The Hall–Kier alpha value is -1.86. The van der Waals surface area contributed by atoms with Crippen LogP contribution in [-0.4, -0.2) is 40.4 Å². The molecule has 1 atom stereocenters. The molecule has 1 saturated heterocycles. The molecule has 118 valence electrons. The number of aromatic nitrogens is 2. The van der Waals surface area contributed by atoms with E-state index in [2.05, 4.69) is 10.4 Å². The van der Waals surface area contributed by atoms with Crippen molar-refractivity contribution in [1.82, 2.24) is 14.7 Å². The summed E-state index contributed by atoms with van der Waals surface area (Å²) in [4.78, 5) is 15.4. The standard InChI is InChI=1S/C15H20N4O2S/c1-3-11-9-14(18(2)17-11)16-15(20)19-6-7-21-12(10-19)13-5-4-8-22-13/h4-5,8-9,12H,3,6-7,10H2,1-2H3,(H,16,20)/t12-/m0/s1. The quantitative estimate of drug-likeness (QED) is 0.946. The van der Waals surface area contributed by atoms with E-state index in [1.807, 2.05) is 37.6 Å². The molecule has 6 nitrogen and oxygen atoms in total. The third kappa shape index (κ3) is 3.15. The van der Waals surface area contributed by atoms with Gasteiger partial charge in [-0.1, -0.05) is 13.0 Å². The molecule has 3 heterocycles. The number of thiophene rings is 1. The van der Waals surface area contributed by atoms with Crippen LogP contribution in [0.3, 0.4) is 0 Å². The first-order chi connectivity index (χ1) is 10.7. The molecule has 0 bridgehead atoms. The smallest absolute Gasteiger partial charge is 0.323 e. The van der Waals surface area contributed by atoms with Gasteiger partial charge in [-0.05, 0) is 17.9 Å². The van der Waals surface area contributed by atoms with Crippen LogP contribution in [0.25, 0.3) is 0 Å². The molecule has 0 aromatic carbocycles. The Bertz CT molecular complexity index is 638. The van der Waals surface area contributed by atoms with E-state index in [9.17, 15) is 4.79 Å². The zero-order chi connectivity index (χ0) is 15.5. The van der Waals surface area contributed by atoms with Crippen LogP contribution in [0, 0.1) is 0 Å². The molecule has 22 heavy (non-hydrogen) atoms. The number of nitrogens with zero attached hydrogens (tertiary/aromatic N) is 3. The second kappa shape index (κ2) is 6.50. The minimum Gasteiger partial charge on any atom is -0.369 e. The van der Waals surface area contributed by atoms with Crippen LogP contribution < -0.4 is 5.32 Å². The van der Waals surface area contributed by atoms with Gasteiger partial charge in [0.15, 0.2) is 0 Å². The van der Waals surface area contributed by atoms with Gasteiger partial charge in [-0.2, -0.15) is 5.10 Å². The van der Waals surface area contributed by atoms with Crippen LogP contribution in [0.1, 0.15) is 23.6 Å². The van der Waals surface area contributed by atoms with Crippen LogP contribution >= 0.6 is 11.3 Å². The van der Waals surface area contributed by atoms with Gasteiger partial charge in [0.25, 0.3) is 0 Å². The fourth-order valence-corrected chi connectivity index (χ4v) is 3.25. The molecule has 1 aliphatic rings. The summed E-state index contributed by atoms with van der Waals surface area (Å²) in [5, 5.41) is 9.31. The highest BCUT2D eigenvalue weighted by atomic mass is 32.1. The maximum Gasteiger partial charge on any atom is 0.323 e. The second-order valence-corrected chi connectivity index (χ2v) is 6.23. The number of rotatable bonds is 3. The van der Waals surface area contributed by atoms with Crippen LogP contribution in [0.5, 0.6) is 0 Å². The molecule has 0 spiro atoms. The first-order valence-corrected chi connectivity index (χ1v) is 8.29. The highest BCUT2D eigenvalue weighted by Crippen LogP contribution is 2.26. The maximum absolute atomic E-state index is 12.5. The number of ether oxygens (including phenoxy) is 1. The molecular weight excluding hydrogens is 300 g/mol. The predicted octanol–water partition coefficient (Wildman–Crippen LogP) is 2.65. The SMILES string of the molecule is CCc1cc(NC(=O)N2CCO[C@H](c3cccs3)C2)n(C)n1. The Balaban J connectivity index is 1.65. The van der Waals surface area contributed by atoms with Gasteiger partial charge in [0, 0.05) is 24.5 Å². The molecule has 1 aliphatic heterocycles. The zero-order valence-corrected chi connectivity index (χ0v) is 13.6. The summed E-state index contributed by atoms with van der Waals surface area (Å²) in [7, 11) is 1.84. The third-order valence-electron chi connectivity index (χ3n) is 3.74. The Morgan fingerprint density at radius 1 is 1.59 bits per heavy atom. The highest BCUT2D eigenvalue weighted by molar-refractivity contribution is 7.10. The number of hydrogen-bond acceptors (Lipinski definition) is 4. The number of nitrogens with one attached hydrogen (secondary N) is 1. The van der Waals surface area contributed by atoms with E-state index in [-0.39, 0.29) is 12.1 Å². The number of anilines is 1. The number of urea groups is 1. The van der Waals surface area contributed by atoms with E-state index < -0.39 is 0 Å². The fraction of sp³-hybridized carbons (Fsp3) is 0.467. The monoisotopic (exact) mass is 320 g/mol. The summed E-state index contributed by atoms with van der Waals surface area (Å²) in [6.07, 6.45) is 0.819. The zero-order valence-electron chi connectivity index (χ0n) is 12.8. The van der Waals surface area contributed by atoms with Crippen molar-refractivity contribution in [2.24, 2.45) is 7.05 Å². The third-order valence-corrected chi connectivity index (χ3v) is 4.71. The van der Waals surface area contributed by atoms with Crippen LogP contribution in [0.4, 0.5) is 10.6 Å². The summed E-state index contributed by atoms with van der Waals surface area (Å²) in [6, 6.07) is 5.86. The highest BCUT2D eigenvalue weighted by Gasteiger charge is 2.26. The van der Waals surface area contributed by atoms with Gasteiger partial charge < -0.3 is 9.64 Å². The molecule has 7 heteroatoms. The molecule has 0 saturated carbocycles. The average molecular weight is 320 g/mol. The minimum absolute atomic E-state index is 0.0303. The number of hydrogen-bond donors (Lipinski definition) is 1. The molecular formula is C15H20N4O2S. The summed E-state index contributed by atoms with van der Waals surface area (Å²) in [5.41, 5.74) is 0.969. The summed E-state index contributed by atoms with van der Waals surface area (Å²) >= 11 is 1.66. The largest absolute Gasteiger partial charge is 0.369 e. The van der Waals surface area contributed by atoms with Crippen molar-refractivity contribution in [1.29, 1.82) is 0 Å². The van der Waals surface area contributed by atoms with E-state index in [4.69, 9.17) is 4.74 Å². The van der Waals surface area contributed by atoms with Gasteiger partial charge in [-0.15, -0.1) is 11.3 Å². The fourth-order valence-electron chi connectivity index (χ4n) is 2.49. The maximum atomic E-state index is 12.5. The van der Waals surface area contributed by atoms with Gasteiger partial charge in [0.1, 0.15) is 11.9 Å². The van der Waals surface area contributed by atoms with Crippen molar-refractivity contribution < 1.29 is 9.53 Å². The lowest BCUT2D eigenvalue weighted by Crippen LogP contribution is -2.44. The summed E-state index contributed by atoms with van der Waals surface area (Å²) in [6.45, 7) is 3.78. The lowest BCUT2D eigenvalue weighted by atomic mass is 10.2. The van der Waals surface area contributed by atoms with Gasteiger partial charge in [-0.3, -0.25) is 10.00 Å². The normalized spacial score (nSPS) is 18.5. The van der Waals surface area contributed by atoms with E-state index in [1.165, 1.54) is 0 Å². The Kier molecular flexibility index (Phi) is 4.44. The predicted molar refractivity (Wildman–Crippen MR) is 86.2 cm³/mol. The van der Waals surface area contributed by atoms with Gasteiger partial charge in [-0.25, -0.2) is 4.79 Å². The second-order valence-electron chi connectivity index (χ2n) is 5.25. The summed E-state index contributed by atoms with van der Waals surface area (Å²) in [5.74, 6) is 0.723. The molecule has 2 amide bonds. The van der Waals surface area contributed by atoms with Crippen molar-refractivity contribution in [3.8, 4) is 0 Å². The lowest BCUT2D eigenvalue weighted by molar-refractivity contribution is -0.0116. The van der Waals surface area contributed by atoms with Crippen molar-refractivity contribution in [2.75, 3.05) is 25.0 Å². The molecule has 3 rings (SSSR count). The van der Waals surface area contributed by atoms with Gasteiger partial charge >= 0.3 is 6.03 Å². The van der Waals surface area contributed by atoms with Crippen molar-refractivity contribution >= 4 is 23.2 Å². The Morgan fingerprint density at radius 2 is 2.45 bits per heavy atom. The van der Waals surface area contributed by atoms with Gasteiger partial charge in [0.05, 0.1) is 18.8 Å². The first-order valence-electron chi connectivity index (χ1n) is 7.41. The minimum atomic E-state index is -0.101. The van der Waals surface area contributed by atoms with E-state index >= 15 is 0 Å². The van der Waals surface area contributed by atoms with Crippen molar-refractivity contribution in [3.63, 3.8) is 0 Å². The van der Waals surface area contributed by atoms with Crippen LogP contribution in [0.2, 0.25) is 0 Å². The molecule has 2 aromatic heterocycles. The molecule has 0 radical (unpaired) electrons. The van der Waals surface area contributed by atoms with E-state index in [0.29, 0.717) is 19.7 Å². The Morgan fingerprint density at radius 3 is 3.14 bits per heavy atom. The first kappa shape index (κ1) is 15.1. The average Bonchev–Trinajstić information content (AvgIpc) is 3.18. The molecule has 0 unspecified atom stereocenters. The molecule has 0 aliphatic carbocycles. The van der Waals surface area contributed by atoms with E-state index in [1.54, 1.807) is 20.9 Å². The Labute approximate surface area is 133 Å². The molecule has 1 N–H and O–H groups in total. The molecule has 1 fully saturated rings. The molecule has 2 aromatic rings. The number of carbonyl (C=O) groups is 1. The van der Waals surface area contributed by atoms with Crippen molar-refractivity contribution in [3.05, 3.63) is 34.2 Å². The topological polar surface area (TPSA) is 59.4 Å².